The molecule has 3 nitrogen and oxygen atoms in total. The molecule has 3 heteroatoms. The minimum atomic E-state index is -0.171. The third kappa shape index (κ3) is 6.28. The fourth-order valence-electron chi connectivity index (χ4n) is 0.563. The summed E-state index contributed by atoms with van der Waals surface area (Å²) < 4.78 is 5.52. The molecule has 11 heavy (non-hydrogen) atoms. The second kappa shape index (κ2) is 4.70. The molecular formula is C8H20N2O. The average Bonchev–Trinajstić information content (AvgIpc) is 1.87. The lowest BCUT2D eigenvalue weighted by Crippen LogP contribution is -2.36. The normalized spacial score (nSPS) is 12.5. The molecule has 0 saturated carbocycles. The summed E-state index contributed by atoms with van der Waals surface area (Å²) in [6, 6.07) is 0. The van der Waals surface area contributed by atoms with Crippen LogP contribution in [0.1, 0.15) is 13.8 Å². The van der Waals surface area contributed by atoms with E-state index in [0.29, 0.717) is 6.54 Å². The van der Waals surface area contributed by atoms with Gasteiger partial charge in [0.1, 0.15) is 0 Å². The fourth-order valence-corrected chi connectivity index (χ4v) is 0.563. The molecular weight excluding hydrogens is 140 g/mol. The van der Waals surface area contributed by atoms with Crippen molar-refractivity contribution in [3.63, 3.8) is 0 Å². The van der Waals surface area contributed by atoms with E-state index >= 15 is 0 Å². The average molecular weight is 160 g/mol. The lowest BCUT2D eigenvalue weighted by Gasteiger charge is -2.24. The van der Waals surface area contributed by atoms with Crippen molar-refractivity contribution in [1.82, 2.24) is 4.90 Å². The number of rotatable bonds is 5. The molecule has 0 aromatic carbocycles. The highest BCUT2D eigenvalue weighted by atomic mass is 16.5. The van der Waals surface area contributed by atoms with Gasteiger partial charge in [0, 0.05) is 13.1 Å². The van der Waals surface area contributed by atoms with Gasteiger partial charge in [-0.3, -0.25) is 0 Å². The lowest BCUT2D eigenvalue weighted by atomic mass is 10.1. The fraction of sp³-hybridized carbons (Fsp3) is 1.00. The molecule has 0 heterocycles. The topological polar surface area (TPSA) is 38.5 Å². The minimum Gasteiger partial charge on any atom is -0.373 e. The van der Waals surface area contributed by atoms with Crippen LogP contribution in [-0.2, 0) is 4.74 Å². The molecule has 0 amide bonds. The minimum absolute atomic E-state index is 0.171. The Kier molecular flexibility index (Phi) is 4.65. The van der Waals surface area contributed by atoms with Gasteiger partial charge in [-0.15, -0.1) is 0 Å². The van der Waals surface area contributed by atoms with E-state index in [4.69, 9.17) is 10.5 Å². The van der Waals surface area contributed by atoms with Crippen LogP contribution in [0.15, 0.2) is 0 Å². The van der Waals surface area contributed by atoms with Crippen molar-refractivity contribution < 1.29 is 4.74 Å². The van der Waals surface area contributed by atoms with Crippen LogP contribution in [0.3, 0.4) is 0 Å². The zero-order valence-electron chi connectivity index (χ0n) is 8.05. The number of likely N-dealkylation sites (N-methyl/N-ethyl adjacent to an activating group) is 1. The van der Waals surface area contributed by atoms with Crippen molar-refractivity contribution in [2.75, 3.05) is 33.8 Å². The summed E-state index contributed by atoms with van der Waals surface area (Å²) in [4.78, 5) is 2.09. The largest absolute Gasteiger partial charge is 0.373 e. The van der Waals surface area contributed by atoms with E-state index in [1.54, 1.807) is 0 Å². The Balaban J connectivity index is 3.38. The van der Waals surface area contributed by atoms with Crippen molar-refractivity contribution in [3.05, 3.63) is 0 Å². The molecule has 0 spiro atoms. The molecule has 0 bridgehead atoms. The zero-order chi connectivity index (χ0) is 8.91. The summed E-state index contributed by atoms with van der Waals surface area (Å²) >= 11 is 0. The Bertz CT molecular complexity index is 102. The Morgan fingerprint density at radius 2 is 1.91 bits per heavy atom. The molecule has 0 aliphatic carbocycles. The molecule has 68 valence electrons. The van der Waals surface area contributed by atoms with Gasteiger partial charge in [0.25, 0.3) is 0 Å². The first-order valence-electron chi connectivity index (χ1n) is 3.97. The number of hydrogen-bond acceptors (Lipinski definition) is 3. The van der Waals surface area contributed by atoms with E-state index in [2.05, 4.69) is 4.90 Å². The van der Waals surface area contributed by atoms with Gasteiger partial charge in [-0.2, -0.15) is 0 Å². The number of nitrogens with zero attached hydrogens (tertiary/aromatic N) is 1. The predicted octanol–water partition coefficient (Wildman–Crippen LogP) is 0.302. The van der Waals surface area contributed by atoms with Crippen molar-refractivity contribution in [2.24, 2.45) is 5.73 Å². The van der Waals surface area contributed by atoms with E-state index in [0.717, 1.165) is 13.2 Å². The monoisotopic (exact) mass is 160 g/mol. The van der Waals surface area contributed by atoms with Crippen LogP contribution >= 0.6 is 0 Å². The SMILES string of the molecule is CN(C)CCOC(C)(C)CN. The molecule has 0 saturated heterocycles. The molecule has 0 atom stereocenters. The van der Waals surface area contributed by atoms with Crippen LogP contribution in [0.4, 0.5) is 0 Å². The van der Waals surface area contributed by atoms with E-state index in [9.17, 15) is 0 Å². The highest BCUT2D eigenvalue weighted by Gasteiger charge is 2.14. The first-order chi connectivity index (χ1) is 4.98. The summed E-state index contributed by atoms with van der Waals surface area (Å²) in [6.07, 6.45) is 0. The molecule has 0 unspecified atom stereocenters. The first-order valence-corrected chi connectivity index (χ1v) is 3.97. The Labute approximate surface area is 69.5 Å². The quantitative estimate of drug-likeness (QED) is 0.628. The molecule has 0 rings (SSSR count). The van der Waals surface area contributed by atoms with Crippen molar-refractivity contribution in [1.29, 1.82) is 0 Å². The first kappa shape index (κ1) is 10.9. The molecule has 0 radical (unpaired) electrons. The van der Waals surface area contributed by atoms with Crippen molar-refractivity contribution in [3.8, 4) is 0 Å². The highest BCUT2D eigenvalue weighted by Crippen LogP contribution is 2.05. The Hall–Kier alpha value is -0.120. The number of nitrogens with two attached hydrogens (primary N) is 1. The van der Waals surface area contributed by atoms with E-state index in [1.165, 1.54) is 0 Å². The molecule has 0 fully saturated rings. The summed E-state index contributed by atoms with van der Waals surface area (Å²) in [5, 5.41) is 0. The van der Waals surface area contributed by atoms with Gasteiger partial charge in [-0.25, -0.2) is 0 Å². The maximum absolute atomic E-state index is 5.52. The lowest BCUT2D eigenvalue weighted by molar-refractivity contribution is -0.0158. The molecule has 0 aromatic rings. The molecule has 2 N–H and O–H groups in total. The maximum atomic E-state index is 5.52. The van der Waals surface area contributed by atoms with Crippen LogP contribution in [0.2, 0.25) is 0 Å². The van der Waals surface area contributed by atoms with E-state index in [1.807, 2.05) is 27.9 Å². The second-order valence-electron chi connectivity index (χ2n) is 3.62. The number of hydrogen-bond donors (Lipinski definition) is 1. The maximum Gasteiger partial charge on any atom is 0.0748 e. The molecule has 0 aliphatic heterocycles. The van der Waals surface area contributed by atoms with Crippen LogP contribution < -0.4 is 5.73 Å². The summed E-state index contributed by atoms with van der Waals surface area (Å²) in [6.45, 7) is 6.27. The Morgan fingerprint density at radius 1 is 1.36 bits per heavy atom. The van der Waals surface area contributed by atoms with Gasteiger partial charge in [0.15, 0.2) is 0 Å². The highest BCUT2D eigenvalue weighted by molar-refractivity contribution is 4.68. The number of ether oxygens (including phenoxy) is 1. The van der Waals surface area contributed by atoms with Gasteiger partial charge < -0.3 is 15.4 Å². The van der Waals surface area contributed by atoms with Gasteiger partial charge in [-0.05, 0) is 27.9 Å². The van der Waals surface area contributed by atoms with Crippen LogP contribution in [-0.4, -0.2) is 44.3 Å². The third-order valence-corrected chi connectivity index (χ3v) is 1.52. The van der Waals surface area contributed by atoms with Gasteiger partial charge in [-0.1, -0.05) is 0 Å². The van der Waals surface area contributed by atoms with Crippen LogP contribution in [0.25, 0.3) is 0 Å². The van der Waals surface area contributed by atoms with E-state index < -0.39 is 0 Å². The molecule has 0 aliphatic rings. The van der Waals surface area contributed by atoms with Crippen LogP contribution in [0, 0.1) is 0 Å². The van der Waals surface area contributed by atoms with Crippen LogP contribution in [0.5, 0.6) is 0 Å². The summed E-state index contributed by atoms with van der Waals surface area (Å²) in [5.74, 6) is 0. The zero-order valence-corrected chi connectivity index (χ0v) is 8.05. The predicted molar refractivity (Wildman–Crippen MR) is 47.6 cm³/mol. The van der Waals surface area contributed by atoms with Gasteiger partial charge >= 0.3 is 0 Å². The summed E-state index contributed by atoms with van der Waals surface area (Å²) in [7, 11) is 4.05. The van der Waals surface area contributed by atoms with Crippen molar-refractivity contribution >= 4 is 0 Å². The smallest absolute Gasteiger partial charge is 0.0748 e. The second-order valence-corrected chi connectivity index (χ2v) is 3.62. The van der Waals surface area contributed by atoms with Gasteiger partial charge in [0.2, 0.25) is 0 Å². The molecule has 0 aromatic heterocycles. The van der Waals surface area contributed by atoms with Crippen molar-refractivity contribution in [2.45, 2.75) is 19.4 Å². The standard InChI is InChI=1S/C8H20N2O/c1-8(2,7-9)11-6-5-10(3)4/h5-7,9H2,1-4H3. The van der Waals surface area contributed by atoms with Gasteiger partial charge in [0.05, 0.1) is 12.2 Å². The Morgan fingerprint density at radius 3 is 2.27 bits per heavy atom. The third-order valence-electron chi connectivity index (χ3n) is 1.52. The van der Waals surface area contributed by atoms with E-state index in [-0.39, 0.29) is 5.60 Å². The summed E-state index contributed by atoms with van der Waals surface area (Å²) in [5.41, 5.74) is 5.31.